The third kappa shape index (κ3) is 6.26. The number of hydrogen-bond acceptors (Lipinski definition) is 7. The maximum Gasteiger partial charge on any atom is 0.416 e. The average molecular weight is 533 g/mol. The minimum atomic E-state index is -4.39. The number of benzene rings is 2. The first-order valence-electron chi connectivity index (χ1n) is 12.3. The third-order valence-corrected chi connectivity index (χ3v) is 6.88. The maximum atomic E-state index is 13.0. The second-order valence-corrected chi connectivity index (χ2v) is 9.45. The fraction of sp³-hybridized carbons (Fsp3) is 0.385. The zero-order valence-corrected chi connectivity index (χ0v) is 20.9. The Labute approximate surface area is 218 Å². The van der Waals surface area contributed by atoms with Crippen LogP contribution in [0.2, 0.25) is 5.02 Å². The van der Waals surface area contributed by atoms with Gasteiger partial charge in [-0.3, -0.25) is 4.90 Å². The molecule has 7 nitrogen and oxygen atoms in total. The van der Waals surface area contributed by atoms with Gasteiger partial charge in [0.2, 0.25) is 0 Å². The van der Waals surface area contributed by atoms with E-state index in [1.54, 1.807) is 0 Å². The van der Waals surface area contributed by atoms with Gasteiger partial charge in [0, 0.05) is 50.5 Å². The molecule has 2 N–H and O–H groups in total. The van der Waals surface area contributed by atoms with Crippen LogP contribution >= 0.6 is 11.6 Å². The maximum absolute atomic E-state index is 13.0. The second kappa shape index (κ2) is 11.1. The molecule has 0 atom stereocenters. The zero-order chi connectivity index (χ0) is 25.8. The molecule has 11 heteroatoms. The minimum absolute atomic E-state index is 0.240. The van der Waals surface area contributed by atoms with Crippen molar-refractivity contribution in [1.82, 2.24) is 20.2 Å². The van der Waals surface area contributed by atoms with Crippen molar-refractivity contribution < 1.29 is 17.9 Å². The molecule has 2 aliphatic heterocycles. The highest BCUT2D eigenvalue weighted by Gasteiger charge is 2.30. The number of ether oxygens (including phenoxy) is 1. The number of piperazine rings is 1. The molecule has 1 saturated heterocycles. The number of anilines is 3. The van der Waals surface area contributed by atoms with Crippen LogP contribution < -0.4 is 20.3 Å². The van der Waals surface area contributed by atoms with Gasteiger partial charge in [0.25, 0.3) is 0 Å². The average Bonchev–Trinajstić information content (AvgIpc) is 2.89. The molecule has 0 aliphatic carbocycles. The summed E-state index contributed by atoms with van der Waals surface area (Å²) in [6, 6.07) is 12.8. The van der Waals surface area contributed by atoms with Crippen LogP contribution in [0, 0.1) is 0 Å². The number of alkyl halides is 3. The Kier molecular flexibility index (Phi) is 7.68. The molecule has 1 aromatic heterocycles. The summed E-state index contributed by atoms with van der Waals surface area (Å²) in [4.78, 5) is 13.8. The van der Waals surface area contributed by atoms with Crippen LogP contribution in [0.15, 0.2) is 48.5 Å². The van der Waals surface area contributed by atoms with Crippen molar-refractivity contribution in [3.63, 3.8) is 0 Å². The monoisotopic (exact) mass is 532 g/mol. The van der Waals surface area contributed by atoms with Gasteiger partial charge in [-0.05, 0) is 42.8 Å². The Morgan fingerprint density at radius 3 is 2.49 bits per heavy atom. The van der Waals surface area contributed by atoms with E-state index in [9.17, 15) is 13.2 Å². The molecule has 2 aliphatic rings. The molecule has 37 heavy (non-hydrogen) atoms. The van der Waals surface area contributed by atoms with Crippen molar-refractivity contribution in [2.24, 2.45) is 0 Å². The smallest absolute Gasteiger partial charge is 0.416 e. The van der Waals surface area contributed by atoms with Gasteiger partial charge in [-0.15, -0.1) is 0 Å². The number of nitrogens with one attached hydrogen (secondary N) is 2. The SMILES string of the molecule is FC(F)(F)c1ccc(Nc2nc(OCCN3CCNCC3)nc3c2CCN(c2ccccc2Cl)C3)cc1. The summed E-state index contributed by atoms with van der Waals surface area (Å²) in [6.45, 7) is 6.23. The predicted octanol–water partition coefficient (Wildman–Crippen LogP) is 4.74. The summed E-state index contributed by atoms with van der Waals surface area (Å²) < 4.78 is 45.0. The molecule has 0 bridgehead atoms. The molecule has 1 fully saturated rings. The molecule has 0 amide bonds. The molecule has 196 valence electrons. The summed E-state index contributed by atoms with van der Waals surface area (Å²) in [5, 5.41) is 7.19. The molecule has 3 aromatic rings. The van der Waals surface area contributed by atoms with Crippen LogP contribution in [0.5, 0.6) is 6.01 Å². The normalized spacial score (nSPS) is 16.4. The van der Waals surface area contributed by atoms with Crippen molar-refractivity contribution in [2.45, 2.75) is 19.1 Å². The predicted molar refractivity (Wildman–Crippen MR) is 138 cm³/mol. The van der Waals surface area contributed by atoms with E-state index >= 15 is 0 Å². The van der Waals surface area contributed by atoms with Gasteiger partial charge >= 0.3 is 12.2 Å². The molecule has 0 unspecified atom stereocenters. The summed E-state index contributed by atoms with van der Waals surface area (Å²) in [7, 11) is 0. The molecule has 2 aromatic carbocycles. The van der Waals surface area contributed by atoms with E-state index in [0.717, 1.165) is 61.8 Å². The first-order chi connectivity index (χ1) is 17.9. The van der Waals surface area contributed by atoms with Crippen molar-refractivity contribution in [3.05, 3.63) is 70.4 Å². The van der Waals surface area contributed by atoms with E-state index in [1.807, 2.05) is 24.3 Å². The highest BCUT2D eigenvalue weighted by atomic mass is 35.5. The van der Waals surface area contributed by atoms with Crippen LogP contribution in [-0.4, -0.2) is 60.7 Å². The summed E-state index contributed by atoms with van der Waals surface area (Å²) in [5.41, 5.74) is 2.45. The van der Waals surface area contributed by atoms with Crippen molar-refractivity contribution in [3.8, 4) is 6.01 Å². The number of halogens is 4. The van der Waals surface area contributed by atoms with Crippen LogP contribution in [0.25, 0.3) is 0 Å². The van der Waals surface area contributed by atoms with Crippen molar-refractivity contribution >= 4 is 28.8 Å². The Hall–Kier alpha value is -3.08. The van der Waals surface area contributed by atoms with Gasteiger partial charge in [-0.2, -0.15) is 23.1 Å². The number of hydrogen-bond donors (Lipinski definition) is 2. The molecule has 0 saturated carbocycles. The third-order valence-electron chi connectivity index (χ3n) is 6.56. The lowest BCUT2D eigenvalue weighted by atomic mass is 10.0. The molecule has 0 spiro atoms. The second-order valence-electron chi connectivity index (χ2n) is 9.04. The molecular formula is C26H28ClF3N6O. The van der Waals surface area contributed by atoms with Gasteiger partial charge in [0.1, 0.15) is 12.4 Å². The fourth-order valence-corrected chi connectivity index (χ4v) is 4.82. The van der Waals surface area contributed by atoms with Gasteiger partial charge in [-0.25, -0.2) is 0 Å². The van der Waals surface area contributed by atoms with Crippen LogP contribution in [0.1, 0.15) is 16.8 Å². The first-order valence-corrected chi connectivity index (χ1v) is 12.6. The molecule has 3 heterocycles. The van der Waals surface area contributed by atoms with Gasteiger partial charge < -0.3 is 20.3 Å². The van der Waals surface area contributed by atoms with Crippen LogP contribution in [-0.2, 0) is 19.1 Å². The summed E-state index contributed by atoms with van der Waals surface area (Å²) >= 11 is 6.44. The van der Waals surface area contributed by atoms with Crippen molar-refractivity contribution in [1.29, 1.82) is 0 Å². The number of aromatic nitrogens is 2. The Bertz CT molecular complexity index is 1220. The molecule has 0 radical (unpaired) electrons. The van der Waals surface area contributed by atoms with Gasteiger partial charge in [0.05, 0.1) is 28.5 Å². The lowest BCUT2D eigenvalue weighted by Crippen LogP contribution is -2.44. The van der Waals surface area contributed by atoms with E-state index in [1.165, 1.54) is 12.1 Å². The van der Waals surface area contributed by atoms with Crippen molar-refractivity contribution in [2.75, 3.05) is 56.1 Å². The van der Waals surface area contributed by atoms with Gasteiger partial charge in [-0.1, -0.05) is 23.7 Å². The highest BCUT2D eigenvalue weighted by Crippen LogP contribution is 2.34. The van der Waals surface area contributed by atoms with E-state index in [4.69, 9.17) is 21.3 Å². The minimum Gasteiger partial charge on any atom is -0.462 e. The first kappa shape index (κ1) is 25.6. The van der Waals surface area contributed by atoms with E-state index < -0.39 is 11.7 Å². The Balaban J connectivity index is 1.38. The number of para-hydroxylation sites is 1. The Morgan fingerprint density at radius 1 is 1.00 bits per heavy atom. The number of rotatable bonds is 7. The molecular weight excluding hydrogens is 505 g/mol. The van der Waals surface area contributed by atoms with Crippen LogP contribution in [0.3, 0.4) is 0 Å². The largest absolute Gasteiger partial charge is 0.462 e. The standard InChI is InChI=1S/C26H28ClF3N6O/c27-21-3-1-2-4-23(21)36-12-9-20-22(17-36)33-25(37-16-15-35-13-10-31-11-14-35)34-24(20)32-19-7-5-18(6-8-19)26(28,29)30/h1-8,31H,9-17H2,(H,32,33,34). The highest BCUT2D eigenvalue weighted by molar-refractivity contribution is 6.33. The van der Waals surface area contributed by atoms with Crippen LogP contribution in [0.4, 0.5) is 30.4 Å². The number of nitrogens with zero attached hydrogens (tertiary/aromatic N) is 4. The lowest BCUT2D eigenvalue weighted by Gasteiger charge is -2.31. The van der Waals surface area contributed by atoms with Gasteiger partial charge in [0.15, 0.2) is 0 Å². The Morgan fingerprint density at radius 2 is 1.76 bits per heavy atom. The molecule has 5 rings (SSSR count). The van der Waals surface area contributed by atoms with E-state index in [-0.39, 0.29) is 6.01 Å². The summed E-state index contributed by atoms with van der Waals surface area (Å²) in [5.74, 6) is 0.542. The quantitative estimate of drug-likeness (QED) is 0.456. The van der Waals surface area contributed by atoms with E-state index in [0.29, 0.717) is 42.6 Å². The summed E-state index contributed by atoms with van der Waals surface area (Å²) in [6.07, 6.45) is -3.75. The topological polar surface area (TPSA) is 65.6 Å². The van der Waals surface area contributed by atoms with E-state index in [2.05, 4.69) is 25.4 Å². The zero-order valence-electron chi connectivity index (χ0n) is 20.2. The fourth-order valence-electron chi connectivity index (χ4n) is 4.57. The lowest BCUT2D eigenvalue weighted by molar-refractivity contribution is -0.137. The number of fused-ring (bicyclic) bond motifs is 1.